The normalized spacial score (nSPS) is 32.0. The number of hydrogen-bond donors (Lipinski definition) is 1. The van der Waals surface area contributed by atoms with E-state index in [1.165, 1.54) is 4.31 Å². The quantitative estimate of drug-likeness (QED) is 0.869. The van der Waals surface area contributed by atoms with E-state index in [4.69, 9.17) is 0 Å². The van der Waals surface area contributed by atoms with Gasteiger partial charge in [0.1, 0.15) is 0 Å². The van der Waals surface area contributed by atoms with Crippen molar-refractivity contribution in [2.24, 2.45) is 11.8 Å². The lowest BCUT2D eigenvalue weighted by atomic mass is 9.74. The number of sulfonamides is 1. The summed E-state index contributed by atoms with van der Waals surface area (Å²) < 4.78 is 26.3. The molecule has 1 heterocycles. The predicted octanol–water partition coefficient (Wildman–Crippen LogP) is 0.996. The van der Waals surface area contributed by atoms with Crippen LogP contribution in [-0.2, 0) is 10.0 Å². The van der Waals surface area contributed by atoms with E-state index in [0.29, 0.717) is 23.9 Å². The molecule has 1 unspecified atom stereocenters. The SMILES string of the molecule is Cc1ccc(S(=O)(=O)N2C[C@H]3CC(O)[C@H]3C2)cc1. The van der Waals surface area contributed by atoms with E-state index in [2.05, 4.69) is 0 Å². The van der Waals surface area contributed by atoms with Crippen LogP contribution in [0.25, 0.3) is 0 Å². The van der Waals surface area contributed by atoms with Gasteiger partial charge in [0, 0.05) is 19.0 Å². The Balaban J connectivity index is 1.85. The average Bonchev–Trinajstić information content (AvgIpc) is 2.67. The Morgan fingerprint density at radius 3 is 2.44 bits per heavy atom. The third-order valence-corrected chi connectivity index (χ3v) is 6.00. The van der Waals surface area contributed by atoms with Crippen LogP contribution in [0.2, 0.25) is 0 Å². The fourth-order valence-corrected chi connectivity index (χ4v) is 4.42. The molecule has 1 saturated carbocycles. The summed E-state index contributed by atoms with van der Waals surface area (Å²) in [6.07, 6.45) is 0.429. The van der Waals surface area contributed by atoms with Gasteiger partial charge >= 0.3 is 0 Å². The maximum atomic E-state index is 12.4. The lowest BCUT2D eigenvalue weighted by Crippen LogP contribution is -2.39. The maximum absolute atomic E-state index is 12.4. The molecule has 2 fully saturated rings. The van der Waals surface area contributed by atoms with Crippen LogP contribution < -0.4 is 0 Å². The van der Waals surface area contributed by atoms with Gasteiger partial charge in [0.15, 0.2) is 0 Å². The van der Waals surface area contributed by atoms with Crippen LogP contribution >= 0.6 is 0 Å². The Hall–Kier alpha value is -0.910. The van der Waals surface area contributed by atoms with Gasteiger partial charge in [0.2, 0.25) is 10.0 Å². The maximum Gasteiger partial charge on any atom is 0.243 e. The zero-order valence-electron chi connectivity index (χ0n) is 10.3. The lowest BCUT2D eigenvalue weighted by Gasteiger charge is -2.34. The van der Waals surface area contributed by atoms with Crippen LogP contribution in [0.3, 0.4) is 0 Å². The molecule has 3 rings (SSSR count). The predicted molar refractivity (Wildman–Crippen MR) is 67.5 cm³/mol. The monoisotopic (exact) mass is 267 g/mol. The zero-order chi connectivity index (χ0) is 12.9. The molecule has 1 aromatic rings. The Bertz CT molecular complexity index is 552. The van der Waals surface area contributed by atoms with E-state index in [-0.39, 0.29) is 12.0 Å². The number of hydrogen-bond acceptors (Lipinski definition) is 3. The second-order valence-corrected chi connectivity index (χ2v) is 7.30. The van der Waals surface area contributed by atoms with E-state index in [9.17, 15) is 13.5 Å². The molecule has 1 aromatic carbocycles. The van der Waals surface area contributed by atoms with Crippen LogP contribution in [-0.4, -0.2) is 37.0 Å². The van der Waals surface area contributed by atoms with Crippen LogP contribution in [0.4, 0.5) is 0 Å². The molecular weight excluding hydrogens is 250 g/mol. The van der Waals surface area contributed by atoms with Gasteiger partial charge in [-0.3, -0.25) is 0 Å². The van der Waals surface area contributed by atoms with Crippen molar-refractivity contribution in [3.05, 3.63) is 29.8 Å². The molecule has 0 bridgehead atoms. The molecule has 1 aliphatic carbocycles. The van der Waals surface area contributed by atoms with Crippen molar-refractivity contribution in [1.82, 2.24) is 4.31 Å². The fourth-order valence-electron chi connectivity index (χ4n) is 2.89. The van der Waals surface area contributed by atoms with Gasteiger partial charge in [-0.25, -0.2) is 8.42 Å². The Morgan fingerprint density at radius 1 is 1.22 bits per heavy atom. The van der Waals surface area contributed by atoms with Crippen molar-refractivity contribution < 1.29 is 13.5 Å². The first kappa shape index (κ1) is 12.1. The van der Waals surface area contributed by atoms with Gasteiger partial charge in [0.05, 0.1) is 11.0 Å². The summed E-state index contributed by atoms with van der Waals surface area (Å²) in [5, 5.41) is 9.59. The average molecular weight is 267 g/mol. The number of fused-ring (bicyclic) bond motifs is 1. The Kier molecular flexibility index (Phi) is 2.73. The Morgan fingerprint density at radius 2 is 1.89 bits per heavy atom. The third-order valence-electron chi connectivity index (χ3n) is 4.16. The van der Waals surface area contributed by atoms with Crippen molar-refractivity contribution in [1.29, 1.82) is 0 Å². The molecule has 3 atom stereocenters. The number of aliphatic hydroxyl groups excluding tert-OH is 1. The number of aryl methyl sites for hydroxylation is 1. The second-order valence-electron chi connectivity index (χ2n) is 5.36. The van der Waals surface area contributed by atoms with Crippen LogP contribution in [0.15, 0.2) is 29.2 Å². The molecule has 0 amide bonds. The Labute approximate surface area is 107 Å². The molecule has 98 valence electrons. The molecule has 0 aromatic heterocycles. The summed E-state index contributed by atoms with van der Waals surface area (Å²) >= 11 is 0. The minimum atomic E-state index is -3.38. The van der Waals surface area contributed by atoms with Gasteiger partial charge < -0.3 is 5.11 Å². The smallest absolute Gasteiger partial charge is 0.243 e. The van der Waals surface area contributed by atoms with Crippen LogP contribution in [0.1, 0.15) is 12.0 Å². The van der Waals surface area contributed by atoms with Gasteiger partial charge in [-0.15, -0.1) is 0 Å². The largest absolute Gasteiger partial charge is 0.393 e. The zero-order valence-corrected chi connectivity index (χ0v) is 11.1. The highest BCUT2D eigenvalue weighted by molar-refractivity contribution is 7.89. The first-order chi connectivity index (χ1) is 8.48. The van der Waals surface area contributed by atoms with Crippen molar-refractivity contribution in [2.75, 3.05) is 13.1 Å². The molecule has 2 aliphatic rings. The topological polar surface area (TPSA) is 57.6 Å². The van der Waals surface area contributed by atoms with Crippen LogP contribution in [0, 0.1) is 18.8 Å². The first-order valence-corrected chi connectivity index (χ1v) is 7.67. The summed E-state index contributed by atoms with van der Waals surface area (Å²) in [7, 11) is -3.38. The molecule has 18 heavy (non-hydrogen) atoms. The standard InChI is InChI=1S/C13H17NO3S/c1-9-2-4-11(5-3-9)18(16,17)14-7-10-6-13(15)12(10)8-14/h2-5,10,12-13,15H,6-8H2,1H3/t10-,12+,13?/m1/s1. The van der Waals surface area contributed by atoms with E-state index in [1.807, 2.05) is 19.1 Å². The van der Waals surface area contributed by atoms with Gasteiger partial charge in [-0.2, -0.15) is 4.31 Å². The highest BCUT2D eigenvalue weighted by Gasteiger charge is 2.49. The summed E-state index contributed by atoms with van der Waals surface area (Å²) in [4.78, 5) is 0.351. The minimum Gasteiger partial charge on any atom is -0.393 e. The van der Waals surface area contributed by atoms with E-state index in [0.717, 1.165) is 12.0 Å². The highest BCUT2D eigenvalue weighted by atomic mass is 32.2. The number of rotatable bonds is 2. The molecule has 1 aliphatic heterocycles. The second kappa shape index (κ2) is 4.05. The van der Waals surface area contributed by atoms with E-state index >= 15 is 0 Å². The molecule has 1 saturated heterocycles. The number of nitrogens with zero attached hydrogens (tertiary/aromatic N) is 1. The minimum absolute atomic E-state index is 0.144. The van der Waals surface area contributed by atoms with Crippen LogP contribution in [0.5, 0.6) is 0 Å². The van der Waals surface area contributed by atoms with Gasteiger partial charge in [-0.05, 0) is 31.4 Å². The number of benzene rings is 1. The van der Waals surface area contributed by atoms with Gasteiger partial charge in [-0.1, -0.05) is 17.7 Å². The number of aliphatic hydroxyl groups is 1. The van der Waals surface area contributed by atoms with E-state index in [1.54, 1.807) is 12.1 Å². The lowest BCUT2D eigenvalue weighted by molar-refractivity contribution is -0.00416. The third kappa shape index (κ3) is 1.77. The highest BCUT2D eigenvalue weighted by Crippen LogP contribution is 2.42. The summed E-state index contributed by atoms with van der Waals surface area (Å²) in [6, 6.07) is 6.93. The van der Waals surface area contributed by atoms with Crippen molar-refractivity contribution in [3.63, 3.8) is 0 Å². The molecule has 1 N–H and O–H groups in total. The first-order valence-electron chi connectivity index (χ1n) is 6.23. The molecular formula is C13H17NO3S. The summed E-state index contributed by atoms with van der Waals surface area (Å²) in [6.45, 7) is 2.95. The van der Waals surface area contributed by atoms with Crippen molar-refractivity contribution in [2.45, 2.75) is 24.3 Å². The molecule has 5 heteroatoms. The van der Waals surface area contributed by atoms with Crippen molar-refractivity contribution in [3.8, 4) is 0 Å². The summed E-state index contributed by atoms with van der Waals surface area (Å²) in [5.74, 6) is 0.491. The van der Waals surface area contributed by atoms with Gasteiger partial charge in [0.25, 0.3) is 0 Å². The molecule has 0 spiro atoms. The van der Waals surface area contributed by atoms with Crippen molar-refractivity contribution >= 4 is 10.0 Å². The summed E-state index contributed by atoms with van der Waals surface area (Å²) in [5.41, 5.74) is 1.05. The van der Waals surface area contributed by atoms with E-state index < -0.39 is 10.0 Å². The fraction of sp³-hybridized carbons (Fsp3) is 0.538. The molecule has 4 nitrogen and oxygen atoms in total. The molecule has 0 radical (unpaired) electrons.